The fourth-order valence-corrected chi connectivity index (χ4v) is 1.36. The van der Waals surface area contributed by atoms with E-state index in [0.29, 0.717) is 5.92 Å². The Morgan fingerprint density at radius 1 is 1.23 bits per heavy atom. The van der Waals surface area contributed by atoms with Crippen molar-refractivity contribution in [2.75, 3.05) is 0 Å². The lowest BCUT2D eigenvalue weighted by Crippen LogP contribution is -1.83. The second kappa shape index (κ2) is 3.26. The van der Waals surface area contributed by atoms with Crippen LogP contribution in [0.2, 0.25) is 0 Å². The molecule has 66 valence electrons. The standard InChI is InChI=1S/C13H14/c1-10-3-7-13(11(2)9-10)8-6-12-4-5-12/h3,7,9,12H,4-5H2,1-2H3. The van der Waals surface area contributed by atoms with Crippen molar-refractivity contribution >= 4 is 0 Å². The molecule has 2 rings (SSSR count). The highest BCUT2D eigenvalue weighted by Gasteiger charge is 2.17. The Hall–Kier alpha value is -1.22. The van der Waals surface area contributed by atoms with Gasteiger partial charge in [0.05, 0.1) is 0 Å². The number of rotatable bonds is 0. The predicted molar refractivity (Wildman–Crippen MR) is 55.5 cm³/mol. The van der Waals surface area contributed by atoms with Gasteiger partial charge in [-0.25, -0.2) is 0 Å². The van der Waals surface area contributed by atoms with Gasteiger partial charge >= 0.3 is 0 Å². The summed E-state index contributed by atoms with van der Waals surface area (Å²) in [6, 6.07) is 6.45. The summed E-state index contributed by atoms with van der Waals surface area (Å²) >= 11 is 0. The number of hydrogen-bond acceptors (Lipinski definition) is 0. The van der Waals surface area contributed by atoms with Crippen molar-refractivity contribution in [3.63, 3.8) is 0 Å². The summed E-state index contributed by atoms with van der Waals surface area (Å²) in [5.74, 6) is 7.23. The third-order valence-corrected chi connectivity index (χ3v) is 2.37. The molecule has 1 aromatic carbocycles. The molecule has 0 saturated heterocycles. The maximum atomic E-state index is 3.28. The van der Waals surface area contributed by atoms with E-state index in [2.05, 4.69) is 43.9 Å². The lowest BCUT2D eigenvalue weighted by molar-refractivity contribution is 1.18. The zero-order chi connectivity index (χ0) is 9.26. The normalized spacial score (nSPS) is 14.9. The summed E-state index contributed by atoms with van der Waals surface area (Å²) < 4.78 is 0. The van der Waals surface area contributed by atoms with Gasteiger partial charge in [0.15, 0.2) is 0 Å². The summed E-state index contributed by atoms with van der Waals surface area (Å²) in [6.07, 6.45) is 2.61. The molecule has 0 nitrogen and oxygen atoms in total. The molecule has 0 atom stereocenters. The van der Waals surface area contributed by atoms with Gasteiger partial charge in [-0.1, -0.05) is 29.5 Å². The average Bonchev–Trinajstić information content (AvgIpc) is 2.86. The molecule has 1 fully saturated rings. The molecule has 1 saturated carbocycles. The minimum Gasteiger partial charge on any atom is -0.0945 e. The van der Waals surface area contributed by atoms with Gasteiger partial charge < -0.3 is 0 Å². The van der Waals surface area contributed by atoms with E-state index in [9.17, 15) is 0 Å². The van der Waals surface area contributed by atoms with E-state index in [1.807, 2.05) is 0 Å². The molecule has 1 aromatic rings. The molecule has 0 unspecified atom stereocenters. The van der Waals surface area contributed by atoms with E-state index in [1.54, 1.807) is 0 Å². The lowest BCUT2D eigenvalue weighted by Gasteiger charge is -1.98. The molecule has 13 heavy (non-hydrogen) atoms. The van der Waals surface area contributed by atoms with E-state index < -0.39 is 0 Å². The zero-order valence-corrected chi connectivity index (χ0v) is 8.22. The molecule has 0 heteroatoms. The Balaban J connectivity index is 2.25. The van der Waals surface area contributed by atoms with Crippen LogP contribution in [-0.2, 0) is 0 Å². The van der Waals surface area contributed by atoms with Crippen molar-refractivity contribution in [3.05, 3.63) is 34.9 Å². The summed E-state index contributed by atoms with van der Waals surface area (Å²) in [4.78, 5) is 0. The van der Waals surface area contributed by atoms with E-state index in [4.69, 9.17) is 0 Å². The van der Waals surface area contributed by atoms with Crippen molar-refractivity contribution in [3.8, 4) is 11.8 Å². The maximum absolute atomic E-state index is 3.28. The molecule has 0 spiro atoms. The van der Waals surface area contributed by atoms with Gasteiger partial charge in [0.25, 0.3) is 0 Å². The molecule has 0 amide bonds. The Morgan fingerprint density at radius 3 is 2.62 bits per heavy atom. The monoisotopic (exact) mass is 170 g/mol. The first kappa shape index (κ1) is 8.38. The molecule has 0 radical (unpaired) electrons. The first-order valence-electron chi connectivity index (χ1n) is 4.84. The zero-order valence-electron chi connectivity index (χ0n) is 8.22. The summed E-state index contributed by atoms with van der Waals surface area (Å²) in [5, 5.41) is 0. The second-order valence-electron chi connectivity index (χ2n) is 3.86. The minimum atomic E-state index is 0.695. The van der Waals surface area contributed by atoms with E-state index in [0.717, 1.165) is 0 Å². The highest BCUT2D eigenvalue weighted by atomic mass is 14.2. The van der Waals surface area contributed by atoms with E-state index in [-0.39, 0.29) is 0 Å². The SMILES string of the molecule is Cc1ccc(C#CC2CC2)c(C)c1. The molecule has 0 N–H and O–H groups in total. The van der Waals surface area contributed by atoms with Gasteiger partial charge in [-0.2, -0.15) is 0 Å². The molecule has 0 bridgehead atoms. The first-order chi connectivity index (χ1) is 6.25. The summed E-state index contributed by atoms with van der Waals surface area (Å²) in [6.45, 7) is 4.25. The Bertz CT molecular complexity index is 373. The highest BCUT2D eigenvalue weighted by Crippen LogP contribution is 2.27. The topological polar surface area (TPSA) is 0 Å². The minimum absolute atomic E-state index is 0.695. The van der Waals surface area contributed by atoms with Gasteiger partial charge in [0.1, 0.15) is 0 Å². The third-order valence-electron chi connectivity index (χ3n) is 2.37. The smallest absolute Gasteiger partial charge is 0.0274 e. The van der Waals surface area contributed by atoms with Crippen LogP contribution >= 0.6 is 0 Å². The van der Waals surface area contributed by atoms with Crippen LogP contribution in [0, 0.1) is 31.6 Å². The van der Waals surface area contributed by atoms with Gasteiger partial charge in [-0.05, 0) is 38.3 Å². The number of hydrogen-bond donors (Lipinski definition) is 0. The van der Waals surface area contributed by atoms with Crippen molar-refractivity contribution in [2.24, 2.45) is 5.92 Å². The van der Waals surface area contributed by atoms with Gasteiger partial charge in [-0.15, -0.1) is 0 Å². The second-order valence-corrected chi connectivity index (χ2v) is 3.86. The Kier molecular flexibility index (Phi) is 2.10. The maximum Gasteiger partial charge on any atom is 0.0274 e. The molecular weight excluding hydrogens is 156 g/mol. The molecule has 0 aromatic heterocycles. The fourth-order valence-electron chi connectivity index (χ4n) is 1.36. The molecular formula is C13H14. The number of benzene rings is 1. The lowest BCUT2D eigenvalue weighted by atomic mass is 10.1. The number of aryl methyl sites for hydroxylation is 2. The van der Waals surface area contributed by atoms with E-state index >= 15 is 0 Å². The van der Waals surface area contributed by atoms with Gasteiger partial charge in [0.2, 0.25) is 0 Å². The first-order valence-corrected chi connectivity index (χ1v) is 4.84. The Morgan fingerprint density at radius 2 is 2.00 bits per heavy atom. The van der Waals surface area contributed by atoms with Crippen LogP contribution in [0.5, 0.6) is 0 Å². The van der Waals surface area contributed by atoms with Crippen molar-refractivity contribution in [1.82, 2.24) is 0 Å². The fraction of sp³-hybridized carbons (Fsp3) is 0.385. The van der Waals surface area contributed by atoms with Crippen LogP contribution in [0.15, 0.2) is 18.2 Å². The van der Waals surface area contributed by atoms with Crippen LogP contribution in [0.25, 0.3) is 0 Å². The largest absolute Gasteiger partial charge is 0.0945 e. The van der Waals surface area contributed by atoms with Crippen molar-refractivity contribution < 1.29 is 0 Å². The molecule has 0 heterocycles. The van der Waals surface area contributed by atoms with Crippen LogP contribution in [0.3, 0.4) is 0 Å². The van der Waals surface area contributed by atoms with Crippen LogP contribution in [0.1, 0.15) is 29.5 Å². The molecule has 0 aliphatic heterocycles. The van der Waals surface area contributed by atoms with Crippen molar-refractivity contribution in [1.29, 1.82) is 0 Å². The van der Waals surface area contributed by atoms with Crippen molar-refractivity contribution in [2.45, 2.75) is 26.7 Å². The predicted octanol–water partition coefficient (Wildman–Crippen LogP) is 3.06. The molecule has 1 aliphatic carbocycles. The molecule has 1 aliphatic rings. The average molecular weight is 170 g/mol. The van der Waals surface area contributed by atoms with E-state index in [1.165, 1.54) is 29.5 Å². The van der Waals surface area contributed by atoms with Crippen LogP contribution in [-0.4, -0.2) is 0 Å². The third kappa shape index (κ3) is 2.12. The Labute approximate surface area is 80.0 Å². The summed E-state index contributed by atoms with van der Waals surface area (Å²) in [7, 11) is 0. The van der Waals surface area contributed by atoms with Gasteiger partial charge in [0, 0.05) is 11.5 Å². The summed E-state index contributed by atoms with van der Waals surface area (Å²) in [5.41, 5.74) is 3.81. The van der Waals surface area contributed by atoms with Crippen LogP contribution < -0.4 is 0 Å². The van der Waals surface area contributed by atoms with Crippen LogP contribution in [0.4, 0.5) is 0 Å². The highest BCUT2D eigenvalue weighted by molar-refractivity contribution is 5.43. The quantitative estimate of drug-likeness (QED) is 0.525. The van der Waals surface area contributed by atoms with Gasteiger partial charge in [-0.3, -0.25) is 0 Å².